The van der Waals surface area contributed by atoms with Crippen LogP contribution in [-0.4, -0.2) is 24.2 Å². The number of aromatic nitrogens is 5. The number of pyridine rings is 2. The van der Waals surface area contributed by atoms with Crippen LogP contribution in [0.4, 0.5) is 0 Å². The molecule has 5 aromatic rings. The number of hydrogen-bond donors (Lipinski definition) is 1. The number of hydrogen-bond acceptors (Lipinski definition) is 3. The maximum atomic E-state index is 11.7. The van der Waals surface area contributed by atoms with Gasteiger partial charge < -0.3 is 14.7 Å². The second kappa shape index (κ2) is 13.4. The Morgan fingerprint density at radius 2 is 1.45 bits per heavy atom. The first-order valence-electron chi connectivity index (χ1n) is 18.1. The van der Waals surface area contributed by atoms with Crippen LogP contribution in [-0.2, 0) is 42.8 Å². The van der Waals surface area contributed by atoms with Gasteiger partial charge in [-0.1, -0.05) is 123 Å². The summed E-state index contributed by atoms with van der Waals surface area (Å²) in [5, 5.41) is 12.7. The molecule has 2 aliphatic rings. The van der Waals surface area contributed by atoms with E-state index in [9.17, 15) is 5.11 Å². The Morgan fingerprint density at radius 1 is 0.736 bits per heavy atom. The van der Waals surface area contributed by atoms with Gasteiger partial charge in [0.25, 0.3) is 6.33 Å². The van der Waals surface area contributed by atoms with Gasteiger partial charge in [0.15, 0.2) is 0 Å². The molecule has 6 nitrogen and oxygen atoms in total. The summed E-state index contributed by atoms with van der Waals surface area (Å²) in [6, 6.07) is 25.5. The topological polar surface area (TPSA) is 59.8 Å². The summed E-state index contributed by atoms with van der Waals surface area (Å²) in [5.41, 5.74) is 10.3. The molecule has 7 rings (SSSR count). The van der Waals surface area contributed by atoms with Crippen LogP contribution in [0.2, 0.25) is 0 Å². The molecule has 0 atom stereocenters. The largest absolute Gasteiger partial charge is 2.00 e. The summed E-state index contributed by atoms with van der Waals surface area (Å²) < 4.78 is 6.20. The zero-order chi connectivity index (χ0) is 37.4. The smallest absolute Gasteiger partial charge is 0.511 e. The molecule has 2 aromatic carbocycles. The predicted octanol–water partition coefficient (Wildman–Crippen LogP) is 10.2. The van der Waals surface area contributed by atoms with Crippen molar-refractivity contribution in [2.45, 2.75) is 97.9 Å². The van der Waals surface area contributed by atoms with Gasteiger partial charge in [0.2, 0.25) is 0 Å². The van der Waals surface area contributed by atoms with Crippen LogP contribution >= 0.6 is 0 Å². The van der Waals surface area contributed by atoms with Gasteiger partial charge in [-0.05, 0) is 87.3 Å². The zero-order valence-corrected chi connectivity index (χ0v) is 35.0. The second-order valence-electron chi connectivity index (χ2n) is 17.7. The monoisotopic (exact) mass is 883 g/mol. The zero-order valence-electron chi connectivity index (χ0n) is 32.7. The van der Waals surface area contributed by atoms with Gasteiger partial charge in [-0.2, -0.15) is 0 Å². The Hall–Kier alpha value is -4.54. The van der Waals surface area contributed by atoms with Crippen molar-refractivity contribution in [3.05, 3.63) is 132 Å². The molecule has 0 unspecified atom stereocenters. The molecular weight excluding hydrogens is 834 g/mol. The van der Waals surface area contributed by atoms with Crippen LogP contribution in [0.5, 0.6) is 5.75 Å². The van der Waals surface area contributed by atoms with E-state index in [1.807, 2.05) is 29.4 Å². The molecule has 7 heteroatoms. The predicted molar refractivity (Wildman–Crippen MR) is 211 cm³/mol. The molecule has 0 fully saturated rings. The third-order valence-electron chi connectivity index (χ3n) is 10.3. The summed E-state index contributed by atoms with van der Waals surface area (Å²) in [5.74, 6) is 0.273. The first kappa shape index (κ1) is 38.2. The first-order chi connectivity index (χ1) is 24.4. The molecule has 0 spiro atoms. The number of aromatic hydroxyl groups is 1. The Balaban J connectivity index is 0.00000481. The van der Waals surface area contributed by atoms with Crippen LogP contribution in [0, 0.1) is 12.5 Å². The van der Waals surface area contributed by atoms with Gasteiger partial charge in [0.05, 0.1) is 16.9 Å². The molecule has 274 valence electrons. The summed E-state index contributed by atoms with van der Waals surface area (Å²) in [6.45, 7) is 24.2. The van der Waals surface area contributed by atoms with E-state index >= 15 is 0 Å². The van der Waals surface area contributed by atoms with E-state index in [1.165, 1.54) is 11.1 Å². The van der Waals surface area contributed by atoms with Crippen LogP contribution in [0.25, 0.3) is 44.7 Å². The molecular formula is C46H50N5OPt+. The van der Waals surface area contributed by atoms with E-state index in [1.54, 1.807) is 0 Å². The fourth-order valence-corrected chi connectivity index (χ4v) is 7.29. The van der Waals surface area contributed by atoms with Crippen molar-refractivity contribution < 1.29 is 30.7 Å². The van der Waals surface area contributed by atoms with Crippen molar-refractivity contribution in [2.24, 2.45) is 0 Å². The summed E-state index contributed by atoms with van der Waals surface area (Å²) in [4.78, 5) is 9.44. The molecule has 1 N–H and O–H groups in total. The van der Waals surface area contributed by atoms with Gasteiger partial charge in [0, 0.05) is 24.8 Å². The van der Waals surface area contributed by atoms with Gasteiger partial charge in [0.1, 0.15) is 11.4 Å². The van der Waals surface area contributed by atoms with Crippen molar-refractivity contribution in [1.82, 2.24) is 19.1 Å². The maximum absolute atomic E-state index is 11.7. The van der Waals surface area contributed by atoms with Crippen LogP contribution in [0.3, 0.4) is 0 Å². The fraction of sp³-hybridized carbons (Fsp3) is 0.326. The molecule has 3 aromatic heterocycles. The third-order valence-corrected chi connectivity index (χ3v) is 10.3. The molecule has 2 aliphatic heterocycles. The fourth-order valence-electron chi connectivity index (χ4n) is 7.29. The molecule has 0 amide bonds. The molecule has 53 heavy (non-hydrogen) atoms. The van der Waals surface area contributed by atoms with E-state index in [4.69, 9.17) is 4.98 Å². The SMILES string of the molecule is CC(C)(C)c1cc(-n2[c-][n+]3c(C(C)(C)n4[c-]c(-c5cc(-c6ccccc6C(C)(C)C)ccn5)c5ccncc54)ccc-3cc2)c(O)c(C(C)(C)C)c1.[Pt+2]. The summed E-state index contributed by atoms with van der Waals surface area (Å²) in [7, 11) is 0. The number of phenols is 1. The van der Waals surface area contributed by atoms with Gasteiger partial charge in [-0.25, -0.2) is 0 Å². The molecule has 0 bridgehead atoms. The van der Waals surface area contributed by atoms with E-state index in [0.29, 0.717) is 5.69 Å². The van der Waals surface area contributed by atoms with Gasteiger partial charge >= 0.3 is 21.1 Å². The minimum Gasteiger partial charge on any atom is -0.511 e. The van der Waals surface area contributed by atoms with Crippen LogP contribution < -0.4 is 4.57 Å². The molecule has 0 saturated heterocycles. The van der Waals surface area contributed by atoms with E-state index in [0.717, 1.165) is 50.2 Å². The molecule has 5 heterocycles. The standard InChI is InChI=1S/C46H50N5O.Pt/c1-43(2,3)31-25-37(45(7,8)9)42(52)39(26-31)49-23-20-32-16-17-41(50(32)29-49)46(10,11)51-28-35(34-19-21-47-27-40(34)51)38-24-30(18-22-48-38)33-14-12-13-15-36(33)44(4,5)6;/h12-27,52H,1-11H3;/q-1;+2. The second-order valence-corrected chi connectivity index (χ2v) is 17.7. The van der Waals surface area contributed by atoms with E-state index < -0.39 is 5.54 Å². The summed E-state index contributed by atoms with van der Waals surface area (Å²) in [6.07, 6.45) is 15.0. The van der Waals surface area contributed by atoms with Crippen molar-refractivity contribution in [3.63, 3.8) is 0 Å². The summed E-state index contributed by atoms with van der Waals surface area (Å²) >= 11 is 0. The number of phenolic OH excluding ortho intramolecular Hbond substituents is 1. The normalized spacial score (nSPS) is 12.7. The van der Waals surface area contributed by atoms with Crippen LogP contribution in [0.1, 0.15) is 98.5 Å². The quantitative estimate of drug-likeness (QED) is 0.138. The third kappa shape index (κ3) is 6.87. The van der Waals surface area contributed by atoms with Crippen molar-refractivity contribution in [3.8, 4) is 39.5 Å². The number of benzene rings is 2. The van der Waals surface area contributed by atoms with Gasteiger partial charge in [-0.3, -0.25) is 14.1 Å². The average Bonchev–Trinajstić information content (AvgIpc) is 3.70. The number of rotatable bonds is 5. The molecule has 0 radical (unpaired) electrons. The average molecular weight is 884 g/mol. The van der Waals surface area contributed by atoms with Crippen molar-refractivity contribution in [2.75, 3.05) is 0 Å². The Labute approximate surface area is 329 Å². The van der Waals surface area contributed by atoms with Gasteiger partial charge in [-0.15, -0.1) is 10.9 Å². The molecule has 0 aliphatic carbocycles. The van der Waals surface area contributed by atoms with Crippen molar-refractivity contribution >= 4 is 10.9 Å². The minimum atomic E-state index is -0.579. The van der Waals surface area contributed by atoms with Crippen LogP contribution in [0.15, 0.2) is 97.6 Å². The van der Waals surface area contributed by atoms with E-state index in [-0.39, 0.29) is 43.1 Å². The minimum absolute atomic E-state index is 0. The number of nitrogens with zero attached hydrogens (tertiary/aromatic N) is 5. The van der Waals surface area contributed by atoms with Crippen molar-refractivity contribution in [1.29, 1.82) is 0 Å². The van der Waals surface area contributed by atoms with E-state index in [2.05, 4.69) is 176 Å². The Morgan fingerprint density at radius 3 is 2.15 bits per heavy atom. The molecule has 0 saturated carbocycles. The Kier molecular flexibility index (Phi) is 9.65. The Bertz CT molecular complexity index is 2410. The number of fused-ring (bicyclic) bond motifs is 2. The maximum Gasteiger partial charge on any atom is 2.00 e. The first-order valence-corrected chi connectivity index (χ1v) is 18.1.